The van der Waals surface area contributed by atoms with Crippen LogP contribution in [0.15, 0.2) is 53.4 Å². The normalized spacial score (nSPS) is 20.2. The van der Waals surface area contributed by atoms with Crippen LogP contribution in [0.25, 0.3) is 0 Å². The zero-order valence-electron chi connectivity index (χ0n) is 16.5. The summed E-state index contributed by atoms with van der Waals surface area (Å²) in [7, 11) is 0. The molecule has 2 fully saturated rings. The molecule has 162 valence electrons. The molecule has 1 aliphatic carbocycles. The minimum Gasteiger partial charge on any atom is -0.490 e. The molecule has 0 amide bonds. The van der Waals surface area contributed by atoms with Gasteiger partial charge in [0.05, 0.1) is 6.10 Å². The van der Waals surface area contributed by atoms with Crippen molar-refractivity contribution in [3.63, 3.8) is 0 Å². The maximum Gasteiger partial charge on any atom is 0.573 e. The first-order valence-electron chi connectivity index (χ1n) is 10.2. The molecule has 1 aliphatic heterocycles. The summed E-state index contributed by atoms with van der Waals surface area (Å²) in [6, 6.07) is 14.6. The molecule has 2 aliphatic rings. The Morgan fingerprint density at radius 2 is 1.83 bits per heavy atom. The summed E-state index contributed by atoms with van der Waals surface area (Å²) in [4.78, 5) is 3.07. The van der Waals surface area contributed by atoms with Gasteiger partial charge in [0.15, 0.2) is 0 Å². The van der Waals surface area contributed by atoms with E-state index in [0.29, 0.717) is 11.0 Å². The highest BCUT2D eigenvalue weighted by molar-refractivity contribution is 7.97. The Balaban J connectivity index is 1.21. The van der Waals surface area contributed by atoms with Crippen molar-refractivity contribution in [1.29, 1.82) is 0 Å². The number of rotatable bonds is 8. The molecule has 4 rings (SSSR count). The highest BCUT2D eigenvalue weighted by atomic mass is 32.2. The molecule has 1 saturated carbocycles. The van der Waals surface area contributed by atoms with Crippen LogP contribution in [0.2, 0.25) is 0 Å². The second-order valence-electron chi connectivity index (χ2n) is 7.78. The van der Waals surface area contributed by atoms with Crippen LogP contribution in [-0.4, -0.2) is 36.5 Å². The first-order chi connectivity index (χ1) is 14.4. The van der Waals surface area contributed by atoms with Crippen molar-refractivity contribution in [2.24, 2.45) is 0 Å². The number of halogens is 3. The number of nitrogens with zero attached hydrogens (tertiary/aromatic N) is 1. The molecule has 1 saturated heterocycles. The fraction of sp³-hybridized carbons (Fsp3) is 0.455. The van der Waals surface area contributed by atoms with Crippen LogP contribution in [0, 0.1) is 0 Å². The lowest BCUT2D eigenvalue weighted by Gasteiger charge is -2.26. The summed E-state index contributed by atoms with van der Waals surface area (Å²) in [5.41, 5.74) is 1.25. The smallest absolute Gasteiger partial charge is 0.490 e. The molecule has 2 aromatic carbocycles. The highest BCUT2D eigenvalue weighted by Crippen LogP contribution is 2.28. The third-order valence-electron chi connectivity index (χ3n) is 5.34. The Kier molecular flexibility index (Phi) is 6.75. The number of alkyl halides is 3. The summed E-state index contributed by atoms with van der Waals surface area (Å²) >= 11 is 1.34. The van der Waals surface area contributed by atoms with E-state index in [1.807, 2.05) is 12.1 Å². The SMILES string of the molecule is FC(F)(F)Oc1cccc(SNC2CCN(Cc3ccc(OC4CCC4)cc3)C2)c1. The first kappa shape index (κ1) is 21.3. The van der Waals surface area contributed by atoms with Gasteiger partial charge in [-0.05, 0) is 73.5 Å². The van der Waals surface area contributed by atoms with Crippen LogP contribution < -0.4 is 14.2 Å². The lowest BCUT2D eigenvalue weighted by molar-refractivity contribution is -0.274. The van der Waals surface area contributed by atoms with Crippen LogP contribution in [0.1, 0.15) is 31.2 Å². The van der Waals surface area contributed by atoms with Crippen molar-refractivity contribution in [3.05, 3.63) is 54.1 Å². The predicted octanol–water partition coefficient (Wildman–Crippen LogP) is 5.39. The molecular formula is C22H25F3N2O2S. The van der Waals surface area contributed by atoms with Crippen molar-refractivity contribution in [2.75, 3.05) is 13.1 Å². The molecule has 0 spiro atoms. The fourth-order valence-electron chi connectivity index (χ4n) is 3.57. The maximum absolute atomic E-state index is 12.4. The van der Waals surface area contributed by atoms with Gasteiger partial charge in [-0.15, -0.1) is 13.2 Å². The summed E-state index contributed by atoms with van der Waals surface area (Å²) in [5, 5.41) is 0. The third kappa shape index (κ3) is 6.30. The lowest BCUT2D eigenvalue weighted by Crippen LogP contribution is -2.28. The van der Waals surface area contributed by atoms with Gasteiger partial charge in [-0.3, -0.25) is 9.62 Å². The molecule has 4 nitrogen and oxygen atoms in total. The molecule has 30 heavy (non-hydrogen) atoms. The molecule has 0 aromatic heterocycles. The number of benzene rings is 2. The van der Waals surface area contributed by atoms with Gasteiger partial charge in [-0.25, -0.2) is 0 Å². The second kappa shape index (κ2) is 9.49. The Labute approximate surface area is 178 Å². The average molecular weight is 439 g/mol. The zero-order valence-corrected chi connectivity index (χ0v) is 17.3. The van der Waals surface area contributed by atoms with Gasteiger partial charge in [-0.1, -0.05) is 18.2 Å². The van der Waals surface area contributed by atoms with Crippen LogP contribution in [-0.2, 0) is 6.54 Å². The van der Waals surface area contributed by atoms with Gasteiger partial charge in [-0.2, -0.15) is 0 Å². The molecule has 1 atom stereocenters. The largest absolute Gasteiger partial charge is 0.573 e. The van der Waals surface area contributed by atoms with E-state index in [9.17, 15) is 13.2 Å². The number of hydrogen-bond donors (Lipinski definition) is 1. The van der Waals surface area contributed by atoms with Gasteiger partial charge < -0.3 is 9.47 Å². The number of likely N-dealkylation sites (tertiary alicyclic amines) is 1. The van der Waals surface area contributed by atoms with Crippen molar-refractivity contribution < 1.29 is 22.6 Å². The van der Waals surface area contributed by atoms with Crippen molar-refractivity contribution in [1.82, 2.24) is 9.62 Å². The van der Waals surface area contributed by atoms with Crippen molar-refractivity contribution in [3.8, 4) is 11.5 Å². The first-order valence-corrected chi connectivity index (χ1v) is 11.0. The highest BCUT2D eigenvalue weighted by Gasteiger charge is 2.31. The lowest BCUT2D eigenvalue weighted by atomic mass is 9.96. The van der Waals surface area contributed by atoms with Gasteiger partial charge in [0.1, 0.15) is 11.5 Å². The number of ether oxygens (including phenoxy) is 2. The predicted molar refractivity (Wildman–Crippen MR) is 111 cm³/mol. The fourth-order valence-corrected chi connectivity index (χ4v) is 4.39. The zero-order chi connectivity index (χ0) is 21.0. The number of hydrogen-bond acceptors (Lipinski definition) is 5. The summed E-state index contributed by atoms with van der Waals surface area (Å²) in [5.74, 6) is 0.740. The molecule has 1 N–H and O–H groups in total. The molecule has 2 aromatic rings. The van der Waals surface area contributed by atoms with Crippen LogP contribution in [0.5, 0.6) is 11.5 Å². The van der Waals surface area contributed by atoms with E-state index in [1.54, 1.807) is 12.1 Å². The molecule has 0 bridgehead atoms. The van der Waals surface area contributed by atoms with Crippen molar-refractivity contribution in [2.45, 2.75) is 55.6 Å². The monoisotopic (exact) mass is 438 g/mol. The summed E-state index contributed by atoms with van der Waals surface area (Å²) < 4.78 is 50.3. The second-order valence-corrected chi connectivity index (χ2v) is 8.69. The topological polar surface area (TPSA) is 33.7 Å². The van der Waals surface area contributed by atoms with E-state index in [-0.39, 0.29) is 11.8 Å². The quantitative estimate of drug-likeness (QED) is 0.559. The Hall–Kier alpha value is -1.90. The molecule has 1 unspecified atom stereocenters. The standard InChI is InChI=1S/C22H25F3N2O2S/c23-22(24,25)29-20-5-2-6-21(13-20)30-26-17-11-12-27(15-17)14-16-7-9-19(10-8-16)28-18-3-1-4-18/h2,5-10,13,17-18,26H,1,3-4,11-12,14-15H2. The van der Waals surface area contributed by atoms with E-state index < -0.39 is 6.36 Å². The van der Waals surface area contributed by atoms with Gasteiger partial charge in [0, 0.05) is 30.6 Å². The van der Waals surface area contributed by atoms with Gasteiger partial charge in [0.25, 0.3) is 0 Å². The Bertz CT molecular complexity index is 828. The molecule has 8 heteroatoms. The van der Waals surface area contributed by atoms with E-state index >= 15 is 0 Å². The maximum atomic E-state index is 12.4. The molecule has 0 radical (unpaired) electrons. The van der Waals surface area contributed by atoms with Crippen LogP contribution in [0.3, 0.4) is 0 Å². The summed E-state index contributed by atoms with van der Waals surface area (Å²) in [6.45, 7) is 2.75. The van der Waals surface area contributed by atoms with Gasteiger partial charge >= 0.3 is 6.36 Å². The van der Waals surface area contributed by atoms with E-state index in [4.69, 9.17) is 4.74 Å². The van der Waals surface area contributed by atoms with Crippen LogP contribution >= 0.6 is 11.9 Å². The Morgan fingerprint density at radius 3 is 2.53 bits per heavy atom. The third-order valence-corrected chi connectivity index (χ3v) is 6.28. The van der Waals surface area contributed by atoms with E-state index in [1.165, 1.54) is 36.1 Å². The summed E-state index contributed by atoms with van der Waals surface area (Å²) in [6.07, 6.45) is 0.277. The van der Waals surface area contributed by atoms with E-state index in [0.717, 1.165) is 44.6 Å². The molecular weight excluding hydrogens is 413 g/mol. The average Bonchev–Trinajstić information content (AvgIpc) is 3.11. The minimum absolute atomic E-state index is 0.202. The molecule has 1 heterocycles. The van der Waals surface area contributed by atoms with E-state index in [2.05, 4.69) is 26.5 Å². The Morgan fingerprint density at radius 1 is 1.03 bits per heavy atom. The minimum atomic E-state index is -4.68. The van der Waals surface area contributed by atoms with Crippen molar-refractivity contribution >= 4 is 11.9 Å². The number of nitrogens with one attached hydrogen (secondary N) is 1. The van der Waals surface area contributed by atoms with Crippen LogP contribution in [0.4, 0.5) is 13.2 Å². The van der Waals surface area contributed by atoms with Gasteiger partial charge in [0.2, 0.25) is 0 Å².